The first kappa shape index (κ1) is 18.2. The zero-order valence-corrected chi connectivity index (χ0v) is 14.0. The van der Waals surface area contributed by atoms with Crippen molar-refractivity contribution in [3.8, 4) is 0 Å². The molecule has 2 rings (SSSR count). The monoisotopic (exact) mass is 374 g/mol. The van der Waals surface area contributed by atoms with Crippen LogP contribution in [-0.4, -0.2) is 27.1 Å². The molecule has 0 bridgehead atoms. The Bertz CT molecular complexity index is 858. The third-order valence-corrected chi connectivity index (χ3v) is 4.44. The van der Waals surface area contributed by atoms with E-state index in [4.69, 9.17) is 11.6 Å². The van der Waals surface area contributed by atoms with E-state index in [1.54, 1.807) is 0 Å². The molecule has 2 aromatic rings. The summed E-state index contributed by atoms with van der Waals surface area (Å²) in [4.78, 5) is 12.1. The Kier molecular flexibility index (Phi) is 5.40. The fourth-order valence-corrected chi connectivity index (χ4v) is 2.95. The van der Waals surface area contributed by atoms with Crippen LogP contribution in [0.4, 0.5) is 20.2 Å². The predicted octanol–water partition coefficient (Wildman–Crippen LogP) is 3.02. The SMILES string of the molecule is CS(=O)(=O)N(CC(=O)Nc1ccc(F)c(Cl)c1)c1ccc(F)cc1. The van der Waals surface area contributed by atoms with Gasteiger partial charge in [-0.25, -0.2) is 17.2 Å². The van der Waals surface area contributed by atoms with Crippen molar-refractivity contribution >= 4 is 38.9 Å². The Labute approximate surface area is 142 Å². The minimum absolute atomic E-state index is 0.145. The van der Waals surface area contributed by atoms with Gasteiger partial charge in [0.25, 0.3) is 0 Å². The first-order valence-corrected chi connectivity index (χ1v) is 8.87. The van der Waals surface area contributed by atoms with Gasteiger partial charge in [-0.05, 0) is 42.5 Å². The van der Waals surface area contributed by atoms with Crippen molar-refractivity contribution in [2.24, 2.45) is 0 Å². The Morgan fingerprint density at radius 1 is 1.17 bits per heavy atom. The van der Waals surface area contributed by atoms with E-state index in [-0.39, 0.29) is 16.4 Å². The van der Waals surface area contributed by atoms with Crippen LogP contribution in [0.1, 0.15) is 0 Å². The quantitative estimate of drug-likeness (QED) is 0.874. The number of nitrogens with one attached hydrogen (secondary N) is 1. The van der Waals surface area contributed by atoms with Gasteiger partial charge in [0.2, 0.25) is 15.9 Å². The minimum atomic E-state index is -3.77. The van der Waals surface area contributed by atoms with Gasteiger partial charge in [0.1, 0.15) is 18.2 Å². The van der Waals surface area contributed by atoms with Gasteiger partial charge in [0.05, 0.1) is 17.0 Å². The van der Waals surface area contributed by atoms with E-state index in [9.17, 15) is 22.0 Å². The predicted molar refractivity (Wildman–Crippen MR) is 88.6 cm³/mol. The molecule has 24 heavy (non-hydrogen) atoms. The van der Waals surface area contributed by atoms with Crippen LogP contribution in [0.3, 0.4) is 0 Å². The van der Waals surface area contributed by atoms with Crippen LogP contribution in [0.25, 0.3) is 0 Å². The summed E-state index contributed by atoms with van der Waals surface area (Å²) in [6.07, 6.45) is 0.929. The summed E-state index contributed by atoms with van der Waals surface area (Å²) in [6.45, 7) is -0.528. The third kappa shape index (κ3) is 4.65. The molecule has 128 valence electrons. The van der Waals surface area contributed by atoms with Crippen molar-refractivity contribution in [3.63, 3.8) is 0 Å². The second-order valence-electron chi connectivity index (χ2n) is 4.92. The second kappa shape index (κ2) is 7.14. The highest BCUT2D eigenvalue weighted by Crippen LogP contribution is 2.21. The van der Waals surface area contributed by atoms with E-state index in [1.165, 1.54) is 24.3 Å². The summed E-state index contributed by atoms with van der Waals surface area (Å²) in [6, 6.07) is 8.25. The number of carbonyl (C=O) groups excluding carboxylic acids is 1. The van der Waals surface area contributed by atoms with Crippen LogP contribution in [0, 0.1) is 11.6 Å². The Morgan fingerprint density at radius 2 is 1.79 bits per heavy atom. The third-order valence-electron chi connectivity index (χ3n) is 3.01. The highest BCUT2D eigenvalue weighted by atomic mass is 35.5. The van der Waals surface area contributed by atoms with Crippen molar-refractivity contribution in [1.29, 1.82) is 0 Å². The van der Waals surface area contributed by atoms with E-state index in [2.05, 4.69) is 5.32 Å². The molecule has 0 unspecified atom stereocenters. The number of carbonyl (C=O) groups is 1. The Balaban J connectivity index is 2.18. The molecule has 0 spiro atoms. The van der Waals surface area contributed by atoms with E-state index < -0.39 is 34.1 Å². The van der Waals surface area contributed by atoms with Crippen molar-refractivity contribution in [2.75, 3.05) is 22.4 Å². The van der Waals surface area contributed by atoms with Crippen molar-refractivity contribution in [3.05, 3.63) is 59.1 Å². The van der Waals surface area contributed by atoms with Crippen LogP contribution in [0.5, 0.6) is 0 Å². The van der Waals surface area contributed by atoms with Gasteiger partial charge in [0, 0.05) is 5.69 Å². The molecule has 0 heterocycles. The molecule has 0 saturated heterocycles. The van der Waals surface area contributed by atoms with E-state index >= 15 is 0 Å². The smallest absolute Gasteiger partial charge is 0.245 e. The van der Waals surface area contributed by atoms with Crippen molar-refractivity contribution < 1.29 is 22.0 Å². The van der Waals surface area contributed by atoms with Crippen molar-refractivity contribution in [1.82, 2.24) is 0 Å². The molecule has 0 aliphatic carbocycles. The number of hydrogen-bond donors (Lipinski definition) is 1. The van der Waals surface area contributed by atoms with Crippen LogP contribution in [0.15, 0.2) is 42.5 Å². The summed E-state index contributed by atoms with van der Waals surface area (Å²) in [7, 11) is -3.77. The van der Waals surface area contributed by atoms with Crippen LogP contribution in [0.2, 0.25) is 5.02 Å². The lowest BCUT2D eigenvalue weighted by Crippen LogP contribution is -2.37. The summed E-state index contributed by atoms with van der Waals surface area (Å²) in [5.74, 6) is -1.83. The largest absolute Gasteiger partial charge is 0.324 e. The summed E-state index contributed by atoms with van der Waals surface area (Å²) >= 11 is 5.62. The number of benzene rings is 2. The van der Waals surface area contributed by atoms with Gasteiger partial charge in [-0.15, -0.1) is 0 Å². The maximum absolute atomic E-state index is 13.1. The molecule has 2 aromatic carbocycles. The zero-order valence-electron chi connectivity index (χ0n) is 12.5. The maximum Gasteiger partial charge on any atom is 0.245 e. The number of halogens is 3. The average Bonchev–Trinajstić information content (AvgIpc) is 2.49. The summed E-state index contributed by atoms with van der Waals surface area (Å²) in [5.41, 5.74) is 0.366. The highest BCUT2D eigenvalue weighted by molar-refractivity contribution is 7.92. The average molecular weight is 375 g/mol. The highest BCUT2D eigenvalue weighted by Gasteiger charge is 2.21. The zero-order chi connectivity index (χ0) is 17.9. The topological polar surface area (TPSA) is 66.5 Å². The first-order chi connectivity index (χ1) is 11.2. The van der Waals surface area contributed by atoms with Gasteiger partial charge in [0.15, 0.2) is 0 Å². The molecule has 0 aliphatic rings. The lowest BCUT2D eigenvalue weighted by molar-refractivity contribution is -0.114. The van der Waals surface area contributed by atoms with Crippen molar-refractivity contribution in [2.45, 2.75) is 0 Å². The molecule has 0 saturated carbocycles. The molecule has 5 nitrogen and oxygen atoms in total. The Hall–Kier alpha value is -2.19. The molecule has 0 aliphatic heterocycles. The van der Waals surface area contributed by atoms with E-state index in [1.807, 2.05) is 0 Å². The standard InChI is InChI=1S/C15H13ClF2N2O3S/c1-24(22,23)20(12-5-2-10(17)3-6-12)9-15(21)19-11-4-7-14(18)13(16)8-11/h2-8H,9H2,1H3,(H,19,21). The van der Waals surface area contributed by atoms with Gasteiger partial charge in [-0.2, -0.15) is 0 Å². The summed E-state index contributed by atoms with van der Waals surface area (Å²) < 4.78 is 50.7. The molecule has 1 amide bonds. The van der Waals surface area contributed by atoms with E-state index in [0.717, 1.165) is 28.8 Å². The molecular formula is C15H13ClF2N2O3S. The first-order valence-electron chi connectivity index (χ1n) is 6.65. The van der Waals surface area contributed by atoms with Crippen LogP contribution in [-0.2, 0) is 14.8 Å². The maximum atomic E-state index is 13.1. The fraction of sp³-hybridized carbons (Fsp3) is 0.133. The molecule has 1 N–H and O–H groups in total. The fourth-order valence-electron chi connectivity index (χ4n) is 1.91. The molecular weight excluding hydrogens is 362 g/mol. The summed E-state index contributed by atoms with van der Waals surface area (Å²) in [5, 5.41) is 2.25. The van der Waals surface area contributed by atoms with Gasteiger partial charge in [-0.1, -0.05) is 11.6 Å². The number of anilines is 2. The van der Waals surface area contributed by atoms with Crippen LogP contribution >= 0.6 is 11.6 Å². The molecule has 0 radical (unpaired) electrons. The minimum Gasteiger partial charge on any atom is -0.324 e. The normalized spacial score (nSPS) is 11.2. The van der Waals surface area contributed by atoms with Gasteiger partial charge >= 0.3 is 0 Å². The van der Waals surface area contributed by atoms with Crippen LogP contribution < -0.4 is 9.62 Å². The number of amides is 1. The number of sulfonamides is 1. The van der Waals surface area contributed by atoms with Gasteiger partial charge < -0.3 is 5.32 Å². The lowest BCUT2D eigenvalue weighted by atomic mass is 10.3. The molecule has 0 fully saturated rings. The molecule has 9 heteroatoms. The number of nitrogens with zero attached hydrogens (tertiary/aromatic N) is 1. The Morgan fingerprint density at radius 3 is 2.33 bits per heavy atom. The molecule has 0 aromatic heterocycles. The number of rotatable bonds is 5. The van der Waals surface area contributed by atoms with Gasteiger partial charge in [-0.3, -0.25) is 9.10 Å². The second-order valence-corrected chi connectivity index (χ2v) is 7.24. The van der Waals surface area contributed by atoms with E-state index in [0.29, 0.717) is 0 Å². The lowest BCUT2D eigenvalue weighted by Gasteiger charge is -2.21. The number of hydrogen-bond acceptors (Lipinski definition) is 3. The molecule has 0 atom stereocenters.